The molecule has 0 spiro atoms. The highest BCUT2D eigenvalue weighted by molar-refractivity contribution is 5.33. The van der Waals surface area contributed by atoms with Crippen LogP contribution in [0, 0.1) is 6.92 Å². The van der Waals surface area contributed by atoms with Gasteiger partial charge in [-0.25, -0.2) is 4.98 Å². The smallest absolute Gasteiger partial charge is 0.219 e. The first-order valence-corrected chi connectivity index (χ1v) is 7.52. The zero-order chi connectivity index (χ0) is 15.2. The minimum atomic E-state index is 0.582. The van der Waals surface area contributed by atoms with Crippen LogP contribution in [-0.2, 0) is 6.54 Å². The van der Waals surface area contributed by atoms with E-state index in [9.17, 15) is 0 Å². The second-order valence-electron chi connectivity index (χ2n) is 5.47. The molecule has 1 atom stereocenters. The molecule has 21 heavy (non-hydrogen) atoms. The maximum absolute atomic E-state index is 5.88. The quantitative estimate of drug-likeness (QED) is 0.853. The van der Waals surface area contributed by atoms with Crippen LogP contribution < -0.4 is 10.1 Å². The highest BCUT2D eigenvalue weighted by atomic mass is 16.5. The Balaban J connectivity index is 2.14. The van der Waals surface area contributed by atoms with Gasteiger partial charge >= 0.3 is 0 Å². The Kier molecular flexibility index (Phi) is 5.34. The van der Waals surface area contributed by atoms with Gasteiger partial charge in [0.25, 0.3) is 0 Å². The summed E-state index contributed by atoms with van der Waals surface area (Å²) in [5.41, 5.74) is 3.49. The highest BCUT2D eigenvalue weighted by Crippen LogP contribution is 2.25. The average molecular weight is 284 g/mol. The zero-order valence-corrected chi connectivity index (χ0v) is 13.3. The van der Waals surface area contributed by atoms with Crippen molar-refractivity contribution in [3.8, 4) is 11.6 Å². The number of pyridine rings is 1. The third-order valence-electron chi connectivity index (χ3n) is 3.65. The summed E-state index contributed by atoms with van der Waals surface area (Å²) >= 11 is 0. The number of aryl methyl sites for hydroxylation is 1. The first-order valence-electron chi connectivity index (χ1n) is 7.52. The molecule has 0 amide bonds. The summed E-state index contributed by atoms with van der Waals surface area (Å²) in [5.74, 6) is 2.06. The van der Waals surface area contributed by atoms with Crippen molar-refractivity contribution in [2.45, 2.75) is 39.7 Å². The molecular formula is C18H24N2O. The van der Waals surface area contributed by atoms with Crippen molar-refractivity contribution >= 4 is 0 Å². The lowest BCUT2D eigenvalue weighted by atomic mass is 9.99. The minimum absolute atomic E-state index is 0.582. The molecule has 0 radical (unpaired) electrons. The first-order chi connectivity index (χ1) is 10.1. The van der Waals surface area contributed by atoms with E-state index >= 15 is 0 Å². The summed E-state index contributed by atoms with van der Waals surface area (Å²) in [5, 5.41) is 3.15. The largest absolute Gasteiger partial charge is 0.439 e. The molecule has 1 N–H and O–H groups in total. The summed E-state index contributed by atoms with van der Waals surface area (Å²) in [6, 6.07) is 12.3. The van der Waals surface area contributed by atoms with E-state index in [1.807, 2.05) is 32.2 Å². The summed E-state index contributed by atoms with van der Waals surface area (Å²) < 4.78 is 5.88. The van der Waals surface area contributed by atoms with Crippen molar-refractivity contribution < 1.29 is 4.74 Å². The second kappa shape index (κ2) is 7.23. The predicted octanol–water partition coefficient (Wildman–Crippen LogP) is 4.42. The van der Waals surface area contributed by atoms with Gasteiger partial charge in [-0.3, -0.25) is 0 Å². The molecular weight excluding hydrogens is 260 g/mol. The predicted molar refractivity (Wildman–Crippen MR) is 87.0 cm³/mol. The standard InChI is InChI=1S/C18H24N2O/c1-5-13(2)16-6-8-17(9-7-16)21-18-11-15(12-19-4)10-14(3)20-18/h6-11,13,19H,5,12H2,1-4H3. The van der Waals surface area contributed by atoms with Crippen molar-refractivity contribution in [1.29, 1.82) is 0 Å². The first kappa shape index (κ1) is 15.5. The van der Waals surface area contributed by atoms with Crippen molar-refractivity contribution in [2.75, 3.05) is 7.05 Å². The molecule has 0 bridgehead atoms. The van der Waals surface area contributed by atoms with Crippen LogP contribution in [0.5, 0.6) is 11.6 Å². The molecule has 0 aliphatic rings. The van der Waals surface area contributed by atoms with Gasteiger partial charge in [-0.2, -0.15) is 0 Å². The van der Waals surface area contributed by atoms with E-state index in [4.69, 9.17) is 4.74 Å². The van der Waals surface area contributed by atoms with Gasteiger partial charge in [0.05, 0.1) is 0 Å². The summed E-state index contributed by atoms with van der Waals surface area (Å²) in [6.45, 7) is 7.24. The maximum Gasteiger partial charge on any atom is 0.219 e. The highest BCUT2D eigenvalue weighted by Gasteiger charge is 2.05. The lowest BCUT2D eigenvalue weighted by molar-refractivity contribution is 0.460. The molecule has 2 rings (SSSR count). The van der Waals surface area contributed by atoms with Crippen LogP contribution >= 0.6 is 0 Å². The molecule has 0 aliphatic heterocycles. The third-order valence-corrected chi connectivity index (χ3v) is 3.65. The Morgan fingerprint density at radius 3 is 2.52 bits per heavy atom. The van der Waals surface area contributed by atoms with E-state index in [1.165, 1.54) is 11.1 Å². The van der Waals surface area contributed by atoms with E-state index in [1.54, 1.807) is 0 Å². The molecule has 3 heteroatoms. The number of nitrogens with zero attached hydrogens (tertiary/aromatic N) is 1. The molecule has 2 aromatic rings. The van der Waals surface area contributed by atoms with Gasteiger partial charge in [0.1, 0.15) is 5.75 Å². The molecule has 1 unspecified atom stereocenters. The summed E-state index contributed by atoms with van der Waals surface area (Å²) in [6.07, 6.45) is 1.15. The SMILES string of the molecule is CCC(C)c1ccc(Oc2cc(CNC)cc(C)n2)cc1. The molecule has 0 saturated heterocycles. The second-order valence-corrected chi connectivity index (χ2v) is 5.47. The van der Waals surface area contributed by atoms with Crippen LogP contribution in [0.15, 0.2) is 36.4 Å². The van der Waals surface area contributed by atoms with Gasteiger partial charge in [-0.15, -0.1) is 0 Å². The van der Waals surface area contributed by atoms with Crippen LogP contribution in [0.25, 0.3) is 0 Å². The normalized spacial score (nSPS) is 12.2. The number of hydrogen-bond donors (Lipinski definition) is 1. The van der Waals surface area contributed by atoms with Crippen molar-refractivity contribution in [3.05, 3.63) is 53.2 Å². The van der Waals surface area contributed by atoms with Gasteiger partial charge in [0.2, 0.25) is 5.88 Å². The molecule has 1 heterocycles. The molecule has 0 saturated carbocycles. The fourth-order valence-electron chi connectivity index (χ4n) is 2.29. The summed E-state index contributed by atoms with van der Waals surface area (Å²) in [4.78, 5) is 4.44. The van der Waals surface area contributed by atoms with Crippen LogP contribution in [0.4, 0.5) is 0 Å². The van der Waals surface area contributed by atoms with Crippen LogP contribution in [0.1, 0.15) is 43.0 Å². The Hall–Kier alpha value is -1.87. The topological polar surface area (TPSA) is 34.1 Å². The molecule has 112 valence electrons. The van der Waals surface area contributed by atoms with E-state index in [0.29, 0.717) is 11.8 Å². The fraction of sp³-hybridized carbons (Fsp3) is 0.389. The van der Waals surface area contributed by atoms with Crippen LogP contribution in [-0.4, -0.2) is 12.0 Å². The van der Waals surface area contributed by atoms with Gasteiger partial charge in [0.15, 0.2) is 0 Å². The molecule has 1 aromatic heterocycles. The van der Waals surface area contributed by atoms with Gasteiger partial charge in [0, 0.05) is 18.3 Å². The lowest BCUT2D eigenvalue weighted by Gasteiger charge is -2.11. The Bertz CT molecular complexity index is 578. The molecule has 0 aliphatic carbocycles. The van der Waals surface area contributed by atoms with Gasteiger partial charge in [-0.1, -0.05) is 26.0 Å². The van der Waals surface area contributed by atoms with E-state index in [2.05, 4.69) is 42.3 Å². The fourth-order valence-corrected chi connectivity index (χ4v) is 2.29. The number of benzene rings is 1. The van der Waals surface area contributed by atoms with Gasteiger partial charge < -0.3 is 10.1 Å². The number of aromatic nitrogens is 1. The third kappa shape index (κ3) is 4.30. The van der Waals surface area contributed by atoms with E-state index < -0.39 is 0 Å². The van der Waals surface area contributed by atoms with Crippen molar-refractivity contribution in [3.63, 3.8) is 0 Å². The lowest BCUT2D eigenvalue weighted by Crippen LogP contribution is -2.06. The number of nitrogens with one attached hydrogen (secondary N) is 1. The summed E-state index contributed by atoms with van der Waals surface area (Å²) in [7, 11) is 1.93. The van der Waals surface area contributed by atoms with Crippen LogP contribution in [0.2, 0.25) is 0 Å². The molecule has 3 nitrogen and oxygen atoms in total. The molecule has 1 aromatic carbocycles. The van der Waals surface area contributed by atoms with E-state index in [0.717, 1.165) is 24.4 Å². The number of ether oxygens (including phenoxy) is 1. The van der Waals surface area contributed by atoms with Crippen molar-refractivity contribution in [1.82, 2.24) is 10.3 Å². The number of rotatable bonds is 6. The Labute approximate surface area is 127 Å². The van der Waals surface area contributed by atoms with E-state index in [-0.39, 0.29) is 0 Å². The van der Waals surface area contributed by atoms with Crippen LogP contribution in [0.3, 0.4) is 0 Å². The van der Waals surface area contributed by atoms with Crippen molar-refractivity contribution in [2.24, 2.45) is 0 Å². The number of hydrogen-bond acceptors (Lipinski definition) is 3. The molecule has 0 fully saturated rings. The monoisotopic (exact) mass is 284 g/mol. The Morgan fingerprint density at radius 1 is 1.19 bits per heavy atom. The van der Waals surface area contributed by atoms with Gasteiger partial charge in [-0.05, 0) is 55.6 Å². The average Bonchev–Trinajstić information content (AvgIpc) is 2.47. The Morgan fingerprint density at radius 2 is 1.90 bits per heavy atom. The minimum Gasteiger partial charge on any atom is -0.439 e. The zero-order valence-electron chi connectivity index (χ0n) is 13.3. The maximum atomic E-state index is 5.88.